The van der Waals surface area contributed by atoms with Gasteiger partial charge in [0.05, 0.1) is 6.04 Å². The first-order valence-corrected chi connectivity index (χ1v) is 9.68. The molecule has 1 saturated heterocycles. The summed E-state index contributed by atoms with van der Waals surface area (Å²) in [5.41, 5.74) is 2.09. The van der Waals surface area contributed by atoms with Gasteiger partial charge < -0.3 is 20.1 Å². The monoisotopic (exact) mass is 383 g/mol. The Morgan fingerprint density at radius 3 is 2.25 bits per heavy atom. The molecule has 7 nitrogen and oxygen atoms in total. The molecule has 1 aliphatic rings. The predicted octanol–water partition coefficient (Wildman–Crippen LogP) is 0.746. The average molecular weight is 383 g/mol. The molecular formula is C21H29N5O2. The van der Waals surface area contributed by atoms with Gasteiger partial charge in [-0.15, -0.1) is 0 Å². The second kappa shape index (κ2) is 9.52. The van der Waals surface area contributed by atoms with Gasteiger partial charge in [-0.2, -0.15) is 0 Å². The van der Waals surface area contributed by atoms with E-state index in [-0.39, 0.29) is 6.04 Å². The fourth-order valence-electron chi connectivity index (χ4n) is 3.50. The van der Waals surface area contributed by atoms with Gasteiger partial charge in [0.25, 0.3) is 0 Å². The molecule has 1 aromatic carbocycles. The molecule has 2 heterocycles. The Morgan fingerprint density at radius 1 is 0.929 bits per heavy atom. The summed E-state index contributed by atoms with van der Waals surface area (Å²) < 4.78 is 2.07. The van der Waals surface area contributed by atoms with E-state index in [9.17, 15) is 9.59 Å². The average Bonchev–Trinajstić information content (AvgIpc) is 3.14. The van der Waals surface area contributed by atoms with Crippen LogP contribution in [0.25, 0.3) is 0 Å². The summed E-state index contributed by atoms with van der Waals surface area (Å²) in [6, 6.07) is 13.7. The summed E-state index contributed by atoms with van der Waals surface area (Å²) in [7, 11) is 4.13. The van der Waals surface area contributed by atoms with Crippen molar-refractivity contribution in [3.05, 3.63) is 59.9 Å². The number of carbonyl (C=O) groups excluding carboxylic acids is 2. The molecule has 2 N–H and O–H groups in total. The summed E-state index contributed by atoms with van der Waals surface area (Å²) in [6.07, 6.45) is 2.01. The summed E-state index contributed by atoms with van der Waals surface area (Å²) in [4.78, 5) is 29.1. The maximum Gasteiger partial charge on any atom is 0.309 e. The van der Waals surface area contributed by atoms with Gasteiger partial charge in [-0.1, -0.05) is 30.3 Å². The number of hydrogen-bond donors (Lipinski definition) is 2. The molecular weight excluding hydrogens is 354 g/mol. The number of amides is 2. The Labute approximate surface area is 166 Å². The standard InChI is InChI=1S/C21H29N5O2/c1-24-11-13-26(14-12-24)19(18-9-6-10-25(18)2)16-23-21(28)20(27)22-15-17-7-4-3-5-8-17/h3-10,19H,11-16H2,1-2H3,(H,22,27)(H,23,28). The molecule has 7 heteroatoms. The maximum atomic E-state index is 12.3. The Kier molecular flexibility index (Phi) is 6.84. The first-order valence-electron chi connectivity index (χ1n) is 9.68. The van der Waals surface area contributed by atoms with Crippen LogP contribution in [0.1, 0.15) is 17.3 Å². The highest BCUT2D eigenvalue weighted by atomic mass is 16.2. The molecule has 0 spiro atoms. The smallest absolute Gasteiger partial charge is 0.309 e. The van der Waals surface area contributed by atoms with Crippen LogP contribution in [0.4, 0.5) is 0 Å². The zero-order valence-electron chi connectivity index (χ0n) is 16.6. The van der Waals surface area contributed by atoms with E-state index in [1.54, 1.807) is 0 Å². The van der Waals surface area contributed by atoms with Gasteiger partial charge in [0.2, 0.25) is 0 Å². The topological polar surface area (TPSA) is 69.6 Å². The molecule has 1 fully saturated rings. The lowest BCUT2D eigenvalue weighted by molar-refractivity contribution is -0.139. The summed E-state index contributed by atoms with van der Waals surface area (Å²) in [5.74, 6) is -1.20. The number of nitrogens with zero attached hydrogens (tertiary/aromatic N) is 3. The third-order valence-corrected chi connectivity index (χ3v) is 5.26. The number of aromatic nitrogens is 1. The number of aryl methyl sites for hydroxylation is 1. The van der Waals surface area contributed by atoms with Gasteiger partial charge in [-0.05, 0) is 24.7 Å². The third-order valence-electron chi connectivity index (χ3n) is 5.26. The van der Waals surface area contributed by atoms with Crippen molar-refractivity contribution in [1.29, 1.82) is 0 Å². The van der Waals surface area contributed by atoms with E-state index in [1.807, 2.05) is 49.6 Å². The van der Waals surface area contributed by atoms with Gasteiger partial charge in [0.15, 0.2) is 0 Å². The number of rotatable bonds is 6. The molecule has 2 amide bonds. The number of nitrogens with one attached hydrogen (secondary N) is 2. The minimum atomic E-state index is -0.604. The van der Waals surface area contributed by atoms with Crippen molar-refractivity contribution in [3.63, 3.8) is 0 Å². The molecule has 1 atom stereocenters. The largest absolute Gasteiger partial charge is 0.353 e. The van der Waals surface area contributed by atoms with Crippen molar-refractivity contribution < 1.29 is 9.59 Å². The van der Waals surface area contributed by atoms with Crippen LogP contribution < -0.4 is 10.6 Å². The fourth-order valence-corrected chi connectivity index (χ4v) is 3.50. The number of carbonyl (C=O) groups is 2. The number of piperazine rings is 1. The molecule has 0 radical (unpaired) electrons. The van der Waals surface area contributed by atoms with E-state index in [0.29, 0.717) is 13.1 Å². The third kappa shape index (κ3) is 5.21. The lowest BCUT2D eigenvalue weighted by atomic mass is 10.1. The summed E-state index contributed by atoms with van der Waals surface area (Å²) in [6.45, 7) is 4.59. The SMILES string of the molecule is CN1CCN(C(CNC(=O)C(=O)NCc2ccccc2)c2cccn2C)CC1. The number of likely N-dealkylation sites (N-methyl/N-ethyl adjacent to an activating group) is 1. The van der Waals surface area contributed by atoms with E-state index in [0.717, 1.165) is 37.4 Å². The first-order chi connectivity index (χ1) is 13.5. The second-order valence-corrected chi connectivity index (χ2v) is 7.28. The Morgan fingerprint density at radius 2 is 1.61 bits per heavy atom. The maximum absolute atomic E-state index is 12.3. The van der Waals surface area contributed by atoms with Gasteiger partial charge in [-0.25, -0.2) is 0 Å². The minimum Gasteiger partial charge on any atom is -0.353 e. The van der Waals surface area contributed by atoms with Gasteiger partial charge in [0.1, 0.15) is 0 Å². The highest BCUT2D eigenvalue weighted by Crippen LogP contribution is 2.21. The van der Waals surface area contributed by atoms with Crippen LogP contribution in [0.15, 0.2) is 48.7 Å². The van der Waals surface area contributed by atoms with Crippen LogP contribution in [0.3, 0.4) is 0 Å². The lowest BCUT2D eigenvalue weighted by Gasteiger charge is -2.38. The van der Waals surface area contributed by atoms with Crippen LogP contribution in [-0.2, 0) is 23.2 Å². The van der Waals surface area contributed by atoms with Crippen LogP contribution in [0, 0.1) is 0 Å². The molecule has 1 aromatic heterocycles. The molecule has 1 unspecified atom stereocenters. The molecule has 0 bridgehead atoms. The van der Waals surface area contributed by atoms with Gasteiger partial charge in [-0.3, -0.25) is 14.5 Å². The lowest BCUT2D eigenvalue weighted by Crippen LogP contribution is -2.50. The van der Waals surface area contributed by atoms with E-state index in [2.05, 4.69) is 38.1 Å². The normalized spacial score (nSPS) is 16.5. The van der Waals surface area contributed by atoms with Crippen molar-refractivity contribution in [2.75, 3.05) is 39.8 Å². The van der Waals surface area contributed by atoms with E-state index in [4.69, 9.17) is 0 Å². The van der Waals surface area contributed by atoms with Crippen molar-refractivity contribution in [2.45, 2.75) is 12.6 Å². The molecule has 0 aliphatic carbocycles. The first kappa shape index (κ1) is 20.1. The Balaban J connectivity index is 1.57. The summed E-state index contributed by atoms with van der Waals surface area (Å²) >= 11 is 0. The van der Waals surface area contributed by atoms with Crippen molar-refractivity contribution in [1.82, 2.24) is 25.0 Å². The highest BCUT2D eigenvalue weighted by Gasteiger charge is 2.26. The van der Waals surface area contributed by atoms with E-state index < -0.39 is 11.8 Å². The van der Waals surface area contributed by atoms with Gasteiger partial charge >= 0.3 is 11.8 Å². The van der Waals surface area contributed by atoms with Crippen molar-refractivity contribution in [2.24, 2.45) is 7.05 Å². The highest BCUT2D eigenvalue weighted by molar-refractivity contribution is 6.35. The Bertz CT molecular complexity index is 781. The van der Waals surface area contributed by atoms with Crippen LogP contribution in [0.5, 0.6) is 0 Å². The molecule has 150 valence electrons. The molecule has 2 aromatic rings. The van der Waals surface area contributed by atoms with Crippen LogP contribution in [0.2, 0.25) is 0 Å². The Hall–Kier alpha value is -2.64. The fraction of sp³-hybridized carbons (Fsp3) is 0.429. The zero-order valence-corrected chi connectivity index (χ0v) is 16.6. The minimum absolute atomic E-state index is 0.0413. The molecule has 3 rings (SSSR count). The van der Waals surface area contributed by atoms with E-state index >= 15 is 0 Å². The summed E-state index contributed by atoms with van der Waals surface area (Å²) in [5, 5.41) is 5.50. The number of benzene rings is 1. The number of hydrogen-bond acceptors (Lipinski definition) is 4. The molecule has 28 heavy (non-hydrogen) atoms. The van der Waals surface area contributed by atoms with Crippen LogP contribution in [-0.4, -0.2) is 66.0 Å². The zero-order chi connectivity index (χ0) is 19.9. The van der Waals surface area contributed by atoms with E-state index in [1.165, 1.54) is 0 Å². The van der Waals surface area contributed by atoms with Crippen molar-refractivity contribution in [3.8, 4) is 0 Å². The van der Waals surface area contributed by atoms with Crippen LogP contribution >= 0.6 is 0 Å². The van der Waals surface area contributed by atoms with Crippen molar-refractivity contribution >= 4 is 11.8 Å². The second-order valence-electron chi connectivity index (χ2n) is 7.28. The molecule has 0 saturated carbocycles. The molecule has 1 aliphatic heterocycles. The van der Waals surface area contributed by atoms with Gasteiger partial charge in [0, 0.05) is 58.2 Å². The quantitative estimate of drug-likeness (QED) is 0.722. The predicted molar refractivity (Wildman–Crippen MR) is 109 cm³/mol.